The summed E-state index contributed by atoms with van der Waals surface area (Å²) >= 11 is 18.4. The summed E-state index contributed by atoms with van der Waals surface area (Å²) in [7, 11) is 0. The lowest BCUT2D eigenvalue weighted by atomic mass is 10.0. The smallest absolute Gasteiger partial charge is 0.0457 e. The van der Waals surface area contributed by atoms with Gasteiger partial charge in [-0.3, -0.25) is 0 Å². The third kappa shape index (κ3) is 4.13. The first-order valence-corrected chi connectivity index (χ1v) is 7.57. The molecule has 0 aliphatic rings. The molecule has 20 heavy (non-hydrogen) atoms. The molecule has 0 heterocycles. The van der Waals surface area contributed by atoms with Crippen LogP contribution in [0, 0.1) is 0 Å². The maximum atomic E-state index is 6.34. The third-order valence-corrected chi connectivity index (χ3v) is 3.74. The third-order valence-electron chi connectivity index (χ3n) is 2.95. The Hall–Kier alpha value is -0.730. The molecule has 0 bridgehead atoms. The fourth-order valence-electron chi connectivity index (χ4n) is 1.90. The van der Waals surface area contributed by atoms with Gasteiger partial charge in [0.05, 0.1) is 0 Å². The van der Waals surface area contributed by atoms with Crippen LogP contribution < -0.4 is 5.32 Å². The highest BCUT2D eigenvalue weighted by Gasteiger charge is 2.06. The van der Waals surface area contributed by atoms with Crippen molar-refractivity contribution >= 4 is 34.8 Å². The molecule has 0 aliphatic heterocycles. The van der Waals surface area contributed by atoms with Crippen molar-refractivity contribution in [3.05, 3.63) is 57.0 Å². The molecule has 0 fully saturated rings. The van der Waals surface area contributed by atoms with Crippen molar-refractivity contribution in [3.8, 4) is 11.1 Å². The first-order chi connectivity index (χ1) is 9.45. The molecule has 0 radical (unpaired) electrons. The van der Waals surface area contributed by atoms with Crippen LogP contribution in [0.1, 0.15) is 19.4 Å². The van der Waals surface area contributed by atoms with E-state index in [0.29, 0.717) is 16.1 Å². The Morgan fingerprint density at radius 1 is 0.900 bits per heavy atom. The Morgan fingerprint density at radius 2 is 1.55 bits per heavy atom. The van der Waals surface area contributed by atoms with Gasteiger partial charge >= 0.3 is 0 Å². The topological polar surface area (TPSA) is 12.0 Å². The zero-order valence-electron chi connectivity index (χ0n) is 11.4. The molecule has 0 spiro atoms. The van der Waals surface area contributed by atoms with Gasteiger partial charge in [-0.05, 0) is 41.0 Å². The van der Waals surface area contributed by atoms with Gasteiger partial charge in [-0.25, -0.2) is 0 Å². The maximum absolute atomic E-state index is 6.34. The minimum Gasteiger partial charge on any atom is -0.310 e. The Labute approximate surface area is 134 Å². The molecule has 0 unspecified atom stereocenters. The number of halogens is 3. The predicted molar refractivity (Wildman–Crippen MR) is 88.9 cm³/mol. The average Bonchev–Trinajstić information content (AvgIpc) is 2.35. The summed E-state index contributed by atoms with van der Waals surface area (Å²) in [5, 5.41) is 5.33. The van der Waals surface area contributed by atoms with E-state index in [-0.39, 0.29) is 0 Å². The number of benzene rings is 2. The van der Waals surface area contributed by atoms with Gasteiger partial charge in [0, 0.05) is 27.7 Å². The lowest BCUT2D eigenvalue weighted by Gasteiger charge is -2.11. The van der Waals surface area contributed by atoms with Crippen molar-refractivity contribution in [1.82, 2.24) is 5.32 Å². The monoisotopic (exact) mass is 327 g/mol. The molecular formula is C16H16Cl3N. The number of hydrogen-bond acceptors (Lipinski definition) is 1. The molecular weight excluding hydrogens is 313 g/mol. The minimum absolute atomic E-state index is 0.428. The first kappa shape index (κ1) is 15.7. The van der Waals surface area contributed by atoms with E-state index in [1.165, 1.54) is 0 Å². The van der Waals surface area contributed by atoms with Crippen LogP contribution in [0.5, 0.6) is 0 Å². The van der Waals surface area contributed by atoms with E-state index in [0.717, 1.165) is 28.3 Å². The molecule has 0 amide bonds. The standard InChI is InChI=1S/C16H16Cl3N/c1-10(2)20-9-12-4-3-11(7-16(12)19)13-5-14(17)8-15(18)6-13/h3-8,10,20H,9H2,1-2H3. The van der Waals surface area contributed by atoms with Crippen molar-refractivity contribution in [2.24, 2.45) is 0 Å². The molecule has 106 valence electrons. The predicted octanol–water partition coefficient (Wildman–Crippen LogP) is 5.81. The van der Waals surface area contributed by atoms with Gasteiger partial charge in [-0.1, -0.05) is 60.8 Å². The van der Waals surface area contributed by atoms with Gasteiger partial charge in [-0.15, -0.1) is 0 Å². The van der Waals surface area contributed by atoms with Crippen molar-refractivity contribution in [2.45, 2.75) is 26.4 Å². The van der Waals surface area contributed by atoms with Crippen LogP contribution in [0.15, 0.2) is 36.4 Å². The lowest BCUT2D eigenvalue weighted by Crippen LogP contribution is -2.21. The van der Waals surface area contributed by atoms with E-state index in [1.54, 1.807) is 6.07 Å². The van der Waals surface area contributed by atoms with Gasteiger partial charge in [0.25, 0.3) is 0 Å². The number of nitrogens with one attached hydrogen (secondary N) is 1. The summed E-state index contributed by atoms with van der Waals surface area (Å²) in [6.45, 7) is 4.97. The van der Waals surface area contributed by atoms with Crippen LogP contribution in [0.3, 0.4) is 0 Å². The van der Waals surface area contributed by atoms with Crippen LogP contribution in [-0.4, -0.2) is 6.04 Å². The molecule has 0 aliphatic carbocycles. The molecule has 2 aromatic rings. The Balaban J connectivity index is 2.28. The first-order valence-electron chi connectivity index (χ1n) is 6.44. The lowest BCUT2D eigenvalue weighted by molar-refractivity contribution is 0.589. The summed E-state index contributed by atoms with van der Waals surface area (Å²) in [4.78, 5) is 0. The van der Waals surface area contributed by atoms with Crippen LogP contribution in [0.4, 0.5) is 0 Å². The molecule has 0 saturated heterocycles. The zero-order valence-corrected chi connectivity index (χ0v) is 13.7. The van der Waals surface area contributed by atoms with Gasteiger partial charge in [0.1, 0.15) is 0 Å². The second-order valence-electron chi connectivity index (χ2n) is 5.00. The fraction of sp³-hybridized carbons (Fsp3) is 0.250. The molecule has 4 heteroatoms. The van der Waals surface area contributed by atoms with Crippen molar-refractivity contribution in [3.63, 3.8) is 0 Å². The van der Waals surface area contributed by atoms with E-state index in [4.69, 9.17) is 34.8 Å². The molecule has 2 aromatic carbocycles. The van der Waals surface area contributed by atoms with Gasteiger partial charge in [0.15, 0.2) is 0 Å². The van der Waals surface area contributed by atoms with Gasteiger partial charge in [-0.2, -0.15) is 0 Å². The summed E-state index contributed by atoms with van der Waals surface area (Å²) in [5.41, 5.74) is 3.05. The second kappa shape index (κ2) is 6.82. The number of rotatable bonds is 4. The maximum Gasteiger partial charge on any atom is 0.0457 e. The molecule has 2 rings (SSSR count). The van der Waals surface area contributed by atoms with Gasteiger partial charge < -0.3 is 5.32 Å². The Morgan fingerprint density at radius 3 is 2.10 bits per heavy atom. The largest absolute Gasteiger partial charge is 0.310 e. The van der Waals surface area contributed by atoms with E-state index < -0.39 is 0 Å². The van der Waals surface area contributed by atoms with Crippen LogP contribution in [0.2, 0.25) is 15.1 Å². The second-order valence-corrected chi connectivity index (χ2v) is 6.28. The van der Waals surface area contributed by atoms with Crippen molar-refractivity contribution < 1.29 is 0 Å². The van der Waals surface area contributed by atoms with Crippen LogP contribution in [-0.2, 0) is 6.54 Å². The quantitative estimate of drug-likeness (QED) is 0.746. The summed E-state index contributed by atoms with van der Waals surface area (Å²) in [6.07, 6.45) is 0. The van der Waals surface area contributed by atoms with E-state index in [2.05, 4.69) is 19.2 Å². The molecule has 1 nitrogen and oxygen atoms in total. The zero-order chi connectivity index (χ0) is 14.7. The summed E-state index contributed by atoms with van der Waals surface area (Å²) in [6, 6.07) is 11.9. The normalized spacial score (nSPS) is 11.1. The summed E-state index contributed by atoms with van der Waals surface area (Å²) in [5.74, 6) is 0. The van der Waals surface area contributed by atoms with Crippen molar-refractivity contribution in [1.29, 1.82) is 0 Å². The summed E-state index contributed by atoms with van der Waals surface area (Å²) < 4.78 is 0. The molecule has 0 aromatic heterocycles. The minimum atomic E-state index is 0.428. The SMILES string of the molecule is CC(C)NCc1ccc(-c2cc(Cl)cc(Cl)c2)cc1Cl. The highest BCUT2D eigenvalue weighted by atomic mass is 35.5. The van der Waals surface area contributed by atoms with Crippen LogP contribution in [0.25, 0.3) is 11.1 Å². The van der Waals surface area contributed by atoms with Crippen LogP contribution >= 0.6 is 34.8 Å². The van der Waals surface area contributed by atoms with E-state index in [1.807, 2.05) is 30.3 Å². The molecule has 1 N–H and O–H groups in total. The van der Waals surface area contributed by atoms with E-state index in [9.17, 15) is 0 Å². The highest BCUT2D eigenvalue weighted by Crippen LogP contribution is 2.30. The average molecular weight is 329 g/mol. The molecule has 0 atom stereocenters. The van der Waals surface area contributed by atoms with E-state index >= 15 is 0 Å². The van der Waals surface area contributed by atoms with Crippen molar-refractivity contribution in [2.75, 3.05) is 0 Å². The Kier molecular flexibility index (Phi) is 5.34. The highest BCUT2D eigenvalue weighted by molar-refractivity contribution is 6.35. The van der Waals surface area contributed by atoms with Gasteiger partial charge in [0.2, 0.25) is 0 Å². The molecule has 0 saturated carbocycles. The fourth-order valence-corrected chi connectivity index (χ4v) is 2.68. The number of hydrogen-bond donors (Lipinski definition) is 1. The Bertz CT molecular complexity index is 588.